The molecule has 0 spiro atoms. The molecule has 0 saturated heterocycles. The van der Waals surface area contributed by atoms with Crippen LogP contribution in [0.4, 0.5) is 4.39 Å². The van der Waals surface area contributed by atoms with E-state index in [1.165, 1.54) is 17.8 Å². The molecule has 0 atom stereocenters. The highest BCUT2D eigenvalue weighted by molar-refractivity contribution is 7.99. The first-order valence-corrected chi connectivity index (χ1v) is 5.71. The second-order valence-electron chi connectivity index (χ2n) is 3.02. The number of rotatable bonds is 4. The zero-order valence-corrected chi connectivity index (χ0v) is 9.17. The van der Waals surface area contributed by atoms with E-state index in [4.69, 9.17) is 5.11 Å². The summed E-state index contributed by atoms with van der Waals surface area (Å²) in [5, 5.41) is 15.7. The molecular formula is C10H10FN3OS. The lowest BCUT2D eigenvalue weighted by Gasteiger charge is -1.96. The number of halogens is 1. The molecule has 16 heavy (non-hydrogen) atoms. The maximum absolute atomic E-state index is 13.4. The summed E-state index contributed by atoms with van der Waals surface area (Å²) in [5.74, 6) is 0.588. The molecule has 1 heterocycles. The van der Waals surface area contributed by atoms with E-state index in [1.807, 2.05) is 0 Å². The zero-order chi connectivity index (χ0) is 11.4. The molecule has 0 aliphatic heterocycles. The molecule has 1 aromatic heterocycles. The topological polar surface area (TPSA) is 61.8 Å². The van der Waals surface area contributed by atoms with Crippen molar-refractivity contribution < 1.29 is 9.50 Å². The van der Waals surface area contributed by atoms with Crippen molar-refractivity contribution in [3.8, 4) is 11.4 Å². The minimum Gasteiger partial charge on any atom is -0.396 e. The van der Waals surface area contributed by atoms with E-state index in [0.29, 0.717) is 22.3 Å². The van der Waals surface area contributed by atoms with E-state index in [1.54, 1.807) is 18.2 Å². The van der Waals surface area contributed by atoms with Gasteiger partial charge in [0, 0.05) is 5.75 Å². The van der Waals surface area contributed by atoms with Gasteiger partial charge in [0.1, 0.15) is 5.82 Å². The minimum atomic E-state index is -0.336. The van der Waals surface area contributed by atoms with E-state index >= 15 is 0 Å². The standard InChI is InChI=1S/C10H10FN3OS/c11-8-4-2-1-3-7(8)9-12-10(14-13-9)16-6-5-15/h1-4,15H,5-6H2,(H,12,13,14). The lowest BCUT2D eigenvalue weighted by atomic mass is 10.2. The Morgan fingerprint density at radius 1 is 1.38 bits per heavy atom. The number of thioether (sulfide) groups is 1. The average molecular weight is 239 g/mol. The number of H-pyrrole nitrogens is 1. The first-order valence-electron chi connectivity index (χ1n) is 4.72. The van der Waals surface area contributed by atoms with Gasteiger partial charge in [-0.3, -0.25) is 5.10 Å². The van der Waals surface area contributed by atoms with Crippen molar-refractivity contribution in [1.29, 1.82) is 0 Å². The monoisotopic (exact) mass is 239 g/mol. The Bertz CT molecular complexity index is 475. The van der Waals surface area contributed by atoms with Gasteiger partial charge >= 0.3 is 0 Å². The Balaban J connectivity index is 2.22. The molecule has 6 heteroatoms. The number of nitrogens with one attached hydrogen (secondary N) is 1. The van der Waals surface area contributed by atoms with Crippen molar-refractivity contribution in [2.45, 2.75) is 5.16 Å². The second kappa shape index (κ2) is 5.09. The van der Waals surface area contributed by atoms with E-state index in [0.717, 1.165) is 0 Å². The first-order chi connectivity index (χ1) is 7.81. The Hall–Kier alpha value is -1.40. The van der Waals surface area contributed by atoms with Crippen LogP contribution in [0.1, 0.15) is 0 Å². The van der Waals surface area contributed by atoms with E-state index in [-0.39, 0.29) is 12.4 Å². The Labute approximate surface area is 95.9 Å². The van der Waals surface area contributed by atoms with Crippen molar-refractivity contribution in [2.75, 3.05) is 12.4 Å². The molecule has 0 unspecified atom stereocenters. The molecule has 0 bridgehead atoms. The van der Waals surface area contributed by atoms with E-state index in [9.17, 15) is 4.39 Å². The van der Waals surface area contributed by atoms with E-state index < -0.39 is 0 Å². The summed E-state index contributed by atoms with van der Waals surface area (Å²) in [4.78, 5) is 4.12. The number of nitrogens with zero attached hydrogens (tertiary/aromatic N) is 2. The van der Waals surface area contributed by atoms with Gasteiger partial charge in [0.25, 0.3) is 0 Å². The van der Waals surface area contributed by atoms with Crippen LogP contribution in [0.3, 0.4) is 0 Å². The maximum Gasteiger partial charge on any atom is 0.208 e. The van der Waals surface area contributed by atoms with Gasteiger partial charge in [-0.05, 0) is 12.1 Å². The summed E-state index contributed by atoms with van der Waals surface area (Å²) in [6, 6.07) is 6.37. The Morgan fingerprint density at radius 2 is 2.19 bits per heavy atom. The van der Waals surface area contributed by atoms with Gasteiger partial charge in [-0.1, -0.05) is 23.9 Å². The summed E-state index contributed by atoms with van der Waals surface area (Å²) < 4.78 is 13.4. The summed E-state index contributed by atoms with van der Waals surface area (Å²) in [6.45, 7) is 0.0637. The summed E-state index contributed by atoms with van der Waals surface area (Å²) in [7, 11) is 0. The predicted molar refractivity (Wildman–Crippen MR) is 59.6 cm³/mol. The molecule has 0 aliphatic carbocycles. The molecule has 4 nitrogen and oxygen atoms in total. The van der Waals surface area contributed by atoms with Crippen molar-refractivity contribution in [1.82, 2.24) is 15.2 Å². The third kappa shape index (κ3) is 2.40. The number of aromatic nitrogens is 3. The second-order valence-corrected chi connectivity index (χ2v) is 4.08. The van der Waals surface area contributed by atoms with Crippen LogP contribution in [0.15, 0.2) is 29.4 Å². The lowest BCUT2D eigenvalue weighted by molar-refractivity contribution is 0.322. The van der Waals surface area contributed by atoms with Crippen molar-refractivity contribution in [3.63, 3.8) is 0 Å². The molecule has 0 saturated carbocycles. The van der Waals surface area contributed by atoms with Crippen LogP contribution in [0.5, 0.6) is 0 Å². The molecule has 0 amide bonds. The number of aromatic amines is 1. The van der Waals surface area contributed by atoms with Gasteiger partial charge < -0.3 is 5.11 Å². The van der Waals surface area contributed by atoms with Gasteiger partial charge in [0.2, 0.25) is 5.16 Å². The minimum absolute atomic E-state index is 0.0637. The van der Waals surface area contributed by atoms with E-state index in [2.05, 4.69) is 15.2 Å². The smallest absolute Gasteiger partial charge is 0.208 e. The summed E-state index contributed by atoms with van der Waals surface area (Å²) >= 11 is 1.32. The number of aliphatic hydroxyl groups is 1. The fraction of sp³-hybridized carbons (Fsp3) is 0.200. The quantitative estimate of drug-likeness (QED) is 0.797. The Morgan fingerprint density at radius 3 is 2.94 bits per heavy atom. The lowest BCUT2D eigenvalue weighted by Crippen LogP contribution is -1.87. The van der Waals surface area contributed by atoms with Gasteiger partial charge in [0.15, 0.2) is 5.82 Å². The van der Waals surface area contributed by atoms with Crippen molar-refractivity contribution >= 4 is 11.8 Å². The molecule has 84 valence electrons. The van der Waals surface area contributed by atoms with Crippen LogP contribution in [-0.2, 0) is 0 Å². The third-order valence-electron chi connectivity index (χ3n) is 1.92. The van der Waals surface area contributed by atoms with Crippen LogP contribution >= 0.6 is 11.8 Å². The van der Waals surface area contributed by atoms with Gasteiger partial charge in [0.05, 0.1) is 12.2 Å². The van der Waals surface area contributed by atoms with Crippen LogP contribution in [-0.4, -0.2) is 32.6 Å². The number of benzene rings is 1. The Kier molecular flexibility index (Phi) is 3.53. The highest BCUT2D eigenvalue weighted by Crippen LogP contribution is 2.21. The number of hydrogen-bond acceptors (Lipinski definition) is 4. The fourth-order valence-corrected chi connectivity index (χ4v) is 1.76. The predicted octanol–water partition coefficient (Wildman–Crippen LogP) is 1.70. The maximum atomic E-state index is 13.4. The van der Waals surface area contributed by atoms with Gasteiger partial charge in [-0.25, -0.2) is 9.37 Å². The molecular weight excluding hydrogens is 229 g/mol. The molecule has 0 fully saturated rings. The third-order valence-corrected chi connectivity index (χ3v) is 2.74. The SMILES string of the molecule is OCCSc1n[nH]c(-c2ccccc2F)n1. The molecule has 0 radical (unpaired) electrons. The first kappa shape index (κ1) is 11.1. The van der Waals surface area contributed by atoms with Crippen molar-refractivity contribution in [2.24, 2.45) is 0 Å². The van der Waals surface area contributed by atoms with Gasteiger partial charge in [-0.15, -0.1) is 5.10 Å². The van der Waals surface area contributed by atoms with Crippen LogP contribution in [0.25, 0.3) is 11.4 Å². The molecule has 2 aromatic rings. The fourth-order valence-electron chi connectivity index (χ4n) is 1.22. The highest BCUT2D eigenvalue weighted by Gasteiger charge is 2.09. The molecule has 2 N–H and O–H groups in total. The highest BCUT2D eigenvalue weighted by atomic mass is 32.2. The number of aliphatic hydroxyl groups excluding tert-OH is 1. The largest absolute Gasteiger partial charge is 0.396 e. The number of hydrogen-bond donors (Lipinski definition) is 2. The van der Waals surface area contributed by atoms with Crippen molar-refractivity contribution in [3.05, 3.63) is 30.1 Å². The van der Waals surface area contributed by atoms with Gasteiger partial charge in [-0.2, -0.15) is 0 Å². The molecule has 1 aromatic carbocycles. The summed E-state index contributed by atoms with van der Waals surface area (Å²) in [5.41, 5.74) is 0.394. The van der Waals surface area contributed by atoms with Crippen LogP contribution in [0.2, 0.25) is 0 Å². The zero-order valence-electron chi connectivity index (χ0n) is 8.35. The summed E-state index contributed by atoms with van der Waals surface area (Å²) in [6.07, 6.45) is 0. The van der Waals surface area contributed by atoms with Crippen LogP contribution in [0, 0.1) is 5.82 Å². The normalized spacial score (nSPS) is 10.6. The molecule has 0 aliphatic rings. The van der Waals surface area contributed by atoms with Crippen LogP contribution < -0.4 is 0 Å². The molecule has 2 rings (SSSR count). The average Bonchev–Trinajstić information content (AvgIpc) is 2.75.